The minimum Gasteiger partial charge on any atom is -0.386 e. The van der Waals surface area contributed by atoms with E-state index in [4.69, 9.17) is 9.47 Å². The third kappa shape index (κ3) is 4.39. The molecule has 2 aromatic rings. The maximum absolute atomic E-state index is 10.7. The molecule has 2 aromatic carbocycles. The lowest BCUT2D eigenvalue weighted by molar-refractivity contribution is -0.101. The van der Waals surface area contributed by atoms with Gasteiger partial charge in [0, 0.05) is 20.8 Å². The van der Waals surface area contributed by atoms with Gasteiger partial charge in [-0.05, 0) is 11.1 Å². The number of aliphatic hydroxyl groups excluding tert-OH is 1. The highest BCUT2D eigenvalue weighted by Crippen LogP contribution is 2.28. The Morgan fingerprint density at radius 2 is 1.36 bits per heavy atom. The molecule has 0 radical (unpaired) electrons. The van der Waals surface area contributed by atoms with E-state index in [1.165, 1.54) is 0 Å². The van der Waals surface area contributed by atoms with Crippen LogP contribution < -0.4 is 5.32 Å². The van der Waals surface area contributed by atoms with Gasteiger partial charge in [0.05, 0.1) is 12.1 Å². The van der Waals surface area contributed by atoms with E-state index in [2.05, 4.69) is 5.32 Å². The third-order valence-electron chi connectivity index (χ3n) is 3.65. The summed E-state index contributed by atoms with van der Waals surface area (Å²) in [6.45, 7) is 0.483. The molecule has 0 heterocycles. The van der Waals surface area contributed by atoms with Crippen molar-refractivity contribution in [2.45, 2.75) is 18.4 Å². The van der Waals surface area contributed by atoms with Crippen molar-refractivity contribution in [2.75, 3.05) is 20.8 Å². The second-order valence-corrected chi connectivity index (χ2v) is 5.05. The van der Waals surface area contributed by atoms with Crippen LogP contribution in [0.4, 0.5) is 0 Å². The molecule has 2 rings (SSSR count). The molecule has 0 aliphatic heterocycles. The summed E-state index contributed by atoms with van der Waals surface area (Å²) in [5, 5.41) is 14.1. The zero-order valence-electron chi connectivity index (χ0n) is 13.0. The largest absolute Gasteiger partial charge is 0.386 e. The second kappa shape index (κ2) is 8.66. The topological polar surface area (TPSA) is 50.7 Å². The summed E-state index contributed by atoms with van der Waals surface area (Å²) >= 11 is 0. The van der Waals surface area contributed by atoms with E-state index < -0.39 is 6.10 Å². The van der Waals surface area contributed by atoms with Crippen LogP contribution in [0.3, 0.4) is 0 Å². The smallest absolute Gasteiger partial charge is 0.169 e. The Bertz CT molecular complexity index is 529. The van der Waals surface area contributed by atoms with Crippen molar-refractivity contribution < 1.29 is 14.6 Å². The first-order valence-electron chi connectivity index (χ1n) is 7.33. The van der Waals surface area contributed by atoms with Crippen molar-refractivity contribution in [3.8, 4) is 0 Å². The van der Waals surface area contributed by atoms with Crippen LogP contribution >= 0.6 is 0 Å². The van der Waals surface area contributed by atoms with E-state index in [1.54, 1.807) is 14.2 Å². The van der Waals surface area contributed by atoms with Gasteiger partial charge >= 0.3 is 0 Å². The molecule has 0 saturated heterocycles. The summed E-state index contributed by atoms with van der Waals surface area (Å²) in [5.74, 6) is 0. The summed E-state index contributed by atoms with van der Waals surface area (Å²) < 4.78 is 10.4. The molecule has 118 valence electrons. The first-order chi connectivity index (χ1) is 10.8. The number of rotatable bonds is 8. The van der Waals surface area contributed by atoms with E-state index >= 15 is 0 Å². The standard InChI is InChI=1S/C18H23NO3/c1-21-16(22-2)13-19-17(14-9-5-3-6-10-14)18(20)15-11-7-4-8-12-15/h3-12,16-20H,13H2,1-2H3/t17-,18-/m0/s1. The normalized spacial score (nSPS) is 14.0. The molecule has 0 aliphatic rings. The van der Waals surface area contributed by atoms with Crippen molar-refractivity contribution in [3.05, 3.63) is 71.8 Å². The van der Waals surface area contributed by atoms with Crippen molar-refractivity contribution in [1.29, 1.82) is 0 Å². The molecule has 0 aromatic heterocycles. The molecule has 2 atom stereocenters. The fraction of sp³-hybridized carbons (Fsp3) is 0.333. The van der Waals surface area contributed by atoms with Crippen LogP contribution in [0.5, 0.6) is 0 Å². The highest BCUT2D eigenvalue weighted by Gasteiger charge is 2.23. The Morgan fingerprint density at radius 3 is 1.86 bits per heavy atom. The minimum atomic E-state index is -0.655. The monoisotopic (exact) mass is 301 g/mol. The molecule has 0 amide bonds. The molecule has 0 fully saturated rings. The Balaban J connectivity index is 2.18. The van der Waals surface area contributed by atoms with Crippen LogP contribution in [0, 0.1) is 0 Å². The molecule has 0 unspecified atom stereocenters. The van der Waals surface area contributed by atoms with Crippen LogP contribution in [-0.2, 0) is 9.47 Å². The lowest BCUT2D eigenvalue weighted by Crippen LogP contribution is -2.35. The van der Waals surface area contributed by atoms with Gasteiger partial charge in [0.25, 0.3) is 0 Å². The van der Waals surface area contributed by atoms with Crippen molar-refractivity contribution in [2.24, 2.45) is 0 Å². The quantitative estimate of drug-likeness (QED) is 0.736. The van der Waals surface area contributed by atoms with Crippen LogP contribution in [0.25, 0.3) is 0 Å². The predicted octanol–water partition coefficient (Wildman–Crippen LogP) is 2.67. The van der Waals surface area contributed by atoms with E-state index in [0.717, 1.165) is 11.1 Å². The Hall–Kier alpha value is -1.72. The molecule has 0 aliphatic carbocycles. The van der Waals surface area contributed by atoms with Gasteiger partial charge in [-0.15, -0.1) is 0 Å². The van der Waals surface area contributed by atoms with E-state index in [9.17, 15) is 5.11 Å². The average molecular weight is 301 g/mol. The molecule has 2 N–H and O–H groups in total. The summed E-state index contributed by atoms with van der Waals surface area (Å²) in [6.07, 6.45) is -1.01. The van der Waals surface area contributed by atoms with Crippen LogP contribution in [0.15, 0.2) is 60.7 Å². The fourth-order valence-electron chi connectivity index (χ4n) is 2.40. The van der Waals surface area contributed by atoms with Crippen LogP contribution in [0.2, 0.25) is 0 Å². The maximum atomic E-state index is 10.7. The van der Waals surface area contributed by atoms with Crippen molar-refractivity contribution in [3.63, 3.8) is 0 Å². The Morgan fingerprint density at radius 1 is 0.864 bits per heavy atom. The van der Waals surface area contributed by atoms with Gasteiger partial charge in [-0.2, -0.15) is 0 Å². The summed E-state index contributed by atoms with van der Waals surface area (Å²) in [6, 6.07) is 19.3. The van der Waals surface area contributed by atoms with Crippen molar-refractivity contribution >= 4 is 0 Å². The summed E-state index contributed by atoms with van der Waals surface area (Å²) in [5.41, 5.74) is 1.89. The molecule has 0 spiro atoms. The number of ether oxygens (including phenoxy) is 2. The Kier molecular flexibility index (Phi) is 6.55. The SMILES string of the molecule is COC(CN[C@@H](c1ccccc1)[C@@H](O)c1ccccc1)OC. The fourth-order valence-corrected chi connectivity index (χ4v) is 2.40. The number of benzene rings is 2. The van der Waals surface area contributed by atoms with Crippen LogP contribution in [-0.4, -0.2) is 32.2 Å². The van der Waals surface area contributed by atoms with Gasteiger partial charge in [-0.25, -0.2) is 0 Å². The van der Waals surface area contributed by atoms with E-state index in [0.29, 0.717) is 6.54 Å². The molecule has 22 heavy (non-hydrogen) atoms. The van der Waals surface area contributed by atoms with Crippen molar-refractivity contribution in [1.82, 2.24) is 5.32 Å². The maximum Gasteiger partial charge on any atom is 0.169 e. The summed E-state index contributed by atoms with van der Waals surface area (Å²) in [7, 11) is 3.20. The highest BCUT2D eigenvalue weighted by molar-refractivity contribution is 5.26. The number of nitrogens with one attached hydrogen (secondary N) is 1. The molecule has 4 nitrogen and oxygen atoms in total. The first-order valence-corrected chi connectivity index (χ1v) is 7.33. The van der Waals surface area contributed by atoms with Crippen LogP contribution in [0.1, 0.15) is 23.3 Å². The number of hydrogen-bond donors (Lipinski definition) is 2. The summed E-state index contributed by atoms with van der Waals surface area (Å²) in [4.78, 5) is 0. The highest BCUT2D eigenvalue weighted by atomic mass is 16.7. The number of hydrogen-bond acceptors (Lipinski definition) is 4. The van der Waals surface area contributed by atoms with E-state index in [-0.39, 0.29) is 12.3 Å². The lowest BCUT2D eigenvalue weighted by Gasteiger charge is -2.26. The first kappa shape index (κ1) is 16.6. The zero-order chi connectivity index (χ0) is 15.8. The molecule has 0 bridgehead atoms. The molecule has 4 heteroatoms. The van der Waals surface area contributed by atoms with Gasteiger partial charge in [-0.1, -0.05) is 60.7 Å². The third-order valence-corrected chi connectivity index (χ3v) is 3.65. The predicted molar refractivity (Wildman–Crippen MR) is 86.4 cm³/mol. The average Bonchev–Trinajstić information content (AvgIpc) is 2.60. The van der Waals surface area contributed by atoms with Gasteiger partial charge in [0.2, 0.25) is 0 Å². The molecular formula is C18H23NO3. The lowest BCUT2D eigenvalue weighted by atomic mass is 9.96. The minimum absolute atomic E-state index is 0.239. The number of aliphatic hydroxyl groups is 1. The Labute approximate surface area is 131 Å². The molecular weight excluding hydrogens is 278 g/mol. The second-order valence-electron chi connectivity index (χ2n) is 5.05. The van der Waals surface area contributed by atoms with Gasteiger partial charge in [-0.3, -0.25) is 0 Å². The molecule has 0 saturated carbocycles. The van der Waals surface area contributed by atoms with E-state index in [1.807, 2.05) is 60.7 Å². The number of methoxy groups -OCH3 is 2. The van der Waals surface area contributed by atoms with Gasteiger partial charge in [0.1, 0.15) is 0 Å². The zero-order valence-corrected chi connectivity index (χ0v) is 13.0. The van der Waals surface area contributed by atoms with Gasteiger partial charge in [0.15, 0.2) is 6.29 Å². The van der Waals surface area contributed by atoms with Gasteiger partial charge < -0.3 is 19.9 Å².